The van der Waals surface area contributed by atoms with Crippen molar-refractivity contribution >= 4 is 23.3 Å². The van der Waals surface area contributed by atoms with Gasteiger partial charge in [0, 0.05) is 0 Å². The molecule has 0 aliphatic carbocycles. The third-order valence-corrected chi connectivity index (χ3v) is 3.33. The Morgan fingerprint density at radius 1 is 0.950 bits per heavy atom. The first kappa shape index (κ1) is 12.6. The van der Waals surface area contributed by atoms with Crippen molar-refractivity contribution in [2.24, 2.45) is 10.7 Å². The molecule has 2 aromatic carbocycles. The molecular weight excluding hydrogens is 268 g/mol. The summed E-state index contributed by atoms with van der Waals surface area (Å²) in [5.41, 5.74) is 9.07. The number of nitrogens with two attached hydrogens (primary N) is 1. The van der Waals surface area contributed by atoms with Crippen molar-refractivity contribution in [3.63, 3.8) is 0 Å². The van der Waals surface area contributed by atoms with E-state index in [1.54, 1.807) is 0 Å². The summed E-state index contributed by atoms with van der Waals surface area (Å²) in [7, 11) is 0. The van der Waals surface area contributed by atoms with Crippen LogP contribution in [0.2, 0.25) is 0 Å². The molecule has 1 aliphatic heterocycles. The van der Waals surface area contributed by atoms with Gasteiger partial charge in [0.1, 0.15) is 6.17 Å². The summed E-state index contributed by atoms with van der Waals surface area (Å²) >= 11 is 5.08. The number of thiocarbonyl (C=S) groups is 1. The minimum atomic E-state index is -0.228. The first-order chi connectivity index (χ1) is 9.72. The number of hydrogen-bond acceptors (Lipinski definition) is 3. The van der Waals surface area contributed by atoms with Crippen LogP contribution in [-0.2, 0) is 0 Å². The van der Waals surface area contributed by atoms with Crippen LogP contribution in [0.3, 0.4) is 0 Å². The molecule has 5 heteroatoms. The number of guanidine groups is 1. The first-order valence-electron chi connectivity index (χ1n) is 6.28. The molecule has 0 radical (unpaired) electrons. The monoisotopic (exact) mass is 282 g/mol. The second kappa shape index (κ2) is 5.30. The highest BCUT2D eigenvalue weighted by Gasteiger charge is 2.16. The summed E-state index contributed by atoms with van der Waals surface area (Å²) in [4.78, 5) is 4.29. The van der Waals surface area contributed by atoms with E-state index in [1.807, 2.05) is 30.3 Å². The Hall–Kier alpha value is -2.40. The highest BCUT2D eigenvalue weighted by molar-refractivity contribution is 7.80. The van der Waals surface area contributed by atoms with Crippen LogP contribution in [0, 0.1) is 0 Å². The molecule has 1 heterocycles. The summed E-state index contributed by atoms with van der Waals surface area (Å²) in [6.07, 6.45) is -0.228. The molecule has 3 rings (SSSR count). The number of rotatable bonds is 2. The third-order valence-electron chi connectivity index (χ3n) is 3.11. The molecular formula is C15H14N4S. The average Bonchev–Trinajstić information content (AvgIpc) is 2.47. The molecule has 0 spiro atoms. The maximum atomic E-state index is 5.69. The Kier molecular flexibility index (Phi) is 3.35. The molecule has 20 heavy (non-hydrogen) atoms. The zero-order valence-corrected chi connectivity index (χ0v) is 11.5. The van der Waals surface area contributed by atoms with E-state index in [0.717, 1.165) is 5.56 Å². The SMILES string of the molecule is NC1=N[C@@H](c2ccc(-c3ccccc3)cc2)NC(=S)N1. The average molecular weight is 282 g/mol. The van der Waals surface area contributed by atoms with Crippen molar-refractivity contribution in [1.29, 1.82) is 0 Å². The maximum absolute atomic E-state index is 5.69. The van der Waals surface area contributed by atoms with Gasteiger partial charge in [-0.05, 0) is 28.9 Å². The van der Waals surface area contributed by atoms with Gasteiger partial charge in [-0.1, -0.05) is 54.6 Å². The third kappa shape index (κ3) is 2.62. The van der Waals surface area contributed by atoms with Crippen LogP contribution in [-0.4, -0.2) is 11.1 Å². The van der Waals surface area contributed by atoms with E-state index in [1.165, 1.54) is 11.1 Å². The highest BCUT2D eigenvalue weighted by Crippen LogP contribution is 2.22. The molecule has 0 amide bonds. The molecule has 0 saturated carbocycles. The molecule has 0 saturated heterocycles. The Morgan fingerprint density at radius 3 is 2.25 bits per heavy atom. The lowest BCUT2D eigenvalue weighted by Gasteiger charge is -2.23. The first-order valence-corrected chi connectivity index (χ1v) is 6.69. The van der Waals surface area contributed by atoms with Gasteiger partial charge in [-0.25, -0.2) is 4.99 Å². The van der Waals surface area contributed by atoms with Gasteiger partial charge >= 0.3 is 0 Å². The van der Waals surface area contributed by atoms with Crippen molar-refractivity contribution in [2.45, 2.75) is 6.17 Å². The Balaban J connectivity index is 1.87. The summed E-state index contributed by atoms with van der Waals surface area (Å²) in [6, 6.07) is 18.4. The second-order valence-electron chi connectivity index (χ2n) is 4.50. The van der Waals surface area contributed by atoms with Gasteiger partial charge in [0.25, 0.3) is 0 Å². The molecule has 4 nitrogen and oxygen atoms in total. The van der Waals surface area contributed by atoms with Gasteiger partial charge in [0.15, 0.2) is 11.1 Å². The predicted molar refractivity (Wildman–Crippen MR) is 85.1 cm³/mol. The largest absolute Gasteiger partial charge is 0.370 e. The zero-order chi connectivity index (χ0) is 13.9. The van der Waals surface area contributed by atoms with Crippen molar-refractivity contribution in [1.82, 2.24) is 10.6 Å². The fourth-order valence-corrected chi connectivity index (χ4v) is 2.34. The molecule has 0 fully saturated rings. The standard InChI is InChI=1S/C15H14N4S/c16-14-17-13(18-15(20)19-14)12-8-6-11(7-9-12)10-4-2-1-3-5-10/h1-9,13H,(H4,16,17,18,19,20)/t13-/m1/s1. The molecule has 1 atom stereocenters. The Morgan fingerprint density at radius 2 is 1.60 bits per heavy atom. The fraction of sp³-hybridized carbons (Fsp3) is 0.0667. The summed E-state index contributed by atoms with van der Waals surface area (Å²) in [5.74, 6) is 0.339. The molecule has 4 N–H and O–H groups in total. The lowest BCUT2D eigenvalue weighted by molar-refractivity contribution is 0.660. The molecule has 0 aromatic heterocycles. The van der Waals surface area contributed by atoms with E-state index in [-0.39, 0.29) is 6.17 Å². The van der Waals surface area contributed by atoms with Gasteiger partial charge in [0.05, 0.1) is 0 Å². The van der Waals surface area contributed by atoms with Crippen LogP contribution in [0.1, 0.15) is 11.7 Å². The summed E-state index contributed by atoms with van der Waals surface area (Å²) in [6.45, 7) is 0. The van der Waals surface area contributed by atoms with Crippen molar-refractivity contribution < 1.29 is 0 Å². The van der Waals surface area contributed by atoms with Gasteiger partial charge in [0.2, 0.25) is 0 Å². The number of nitrogens with one attached hydrogen (secondary N) is 2. The van der Waals surface area contributed by atoms with Gasteiger partial charge in [-0.2, -0.15) is 0 Å². The van der Waals surface area contributed by atoms with Crippen LogP contribution < -0.4 is 16.4 Å². The minimum absolute atomic E-state index is 0.228. The van der Waals surface area contributed by atoms with Crippen molar-refractivity contribution in [3.8, 4) is 11.1 Å². The second-order valence-corrected chi connectivity index (χ2v) is 4.91. The highest BCUT2D eigenvalue weighted by atomic mass is 32.1. The van der Waals surface area contributed by atoms with Crippen LogP contribution in [0.15, 0.2) is 59.6 Å². The maximum Gasteiger partial charge on any atom is 0.197 e. The number of aliphatic imine (C=N–C) groups is 1. The molecule has 1 aliphatic rings. The van der Waals surface area contributed by atoms with E-state index < -0.39 is 0 Å². The molecule has 0 unspecified atom stereocenters. The molecule has 0 bridgehead atoms. The lowest BCUT2D eigenvalue weighted by Crippen LogP contribution is -2.49. The van der Waals surface area contributed by atoms with E-state index in [0.29, 0.717) is 11.1 Å². The van der Waals surface area contributed by atoms with E-state index in [2.05, 4.69) is 39.9 Å². The van der Waals surface area contributed by atoms with Gasteiger partial charge < -0.3 is 16.4 Å². The van der Waals surface area contributed by atoms with E-state index >= 15 is 0 Å². The van der Waals surface area contributed by atoms with Crippen molar-refractivity contribution in [3.05, 3.63) is 60.2 Å². The Labute approximate surface area is 122 Å². The normalized spacial score (nSPS) is 17.9. The Bertz CT molecular complexity index is 649. The zero-order valence-electron chi connectivity index (χ0n) is 10.7. The molecule has 2 aromatic rings. The molecule has 100 valence electrons. The number of benzene rings is 2. The van der Waals surface area contributed by atoms with Crippen LogP contribution in [0.5, 0.6) is 0 Å². The van der Waals surface area contributed by atoms with Gasteiger partial charge in [-0.3, -0.25) is 0 Å². The van der Waals surface area contributed by atoms with Crippen LogP contribution in [0.25, 0.3) is 11.1 Å². The predicted octanol–water partition coefficient (Wildman–Crippen LogP) is 2.14. The summed E-state index contributed by atoms with van der Waals surface area (Å²) < 4.78 is 0. The van der Waals surface area contributed by atoms with Crippen LogP contribution in [0.4, 0.5) is 0 Å². The van der Waals surface area contributed by atoms with Crippen LogP contribution >= 0.6 is 12.2 Å². The van der Waals surface area contributed by atoms with Gasteiger partial charge in [-0.15, -0.1) is 0 Å². The number of nitrogens with zero attached hydrogens (tertiary/aromatic N) is 1. The minimum Gasteiger partial charge on any atom is -0.370 e. The topological polar surface area (TPSA) is 62.4 Å². The van der Waals surface area contributed by atoms with Crippen molar-refractivity contribution in [2.75, 3.05) is 0 Å². The smallest absolute Gasteiger partial charge is 0.197 e. The number of hydrogen-bond donors (Lipinski definition) is 3. The van der Waals surface area contributed by atoms with E-state index in [4.69, 9.17) is 18.0 Å². The fourth-order valence-electron chi connectivity index (χ4n) is 2.13. The summed E-state index contributed by atoms with van der Waals surface area (Å²) in [5, 5.41) is 6.33. The quantitative estimate of drug-likeness (QED) is 0.739. The lowest BCUT2D eigenvalue weighted by atomic mass is 10.0. The van der Waals surface area contributed by atoms with E-state index in [9.17, 15) is 0 Å².